The molecule has 8 heteroatoms. The Morgan fingerprint density at radius 1 is 0.966 bits per heavy atom. The first-order chi connectivity index (χ1) is 13.8. The van der Waals surface area contributed by atoms with E-state index in [4.69, 9.17) is 20.5 Å². The Labute approximate surface area is 180 Å². The Kier molecular flexibility index (Phi) is 5.21. The number of allylic oxidation sites excluding steroid dienone is 1. The van der Waals surface area contributed by atoms with Gasteiger partial charge in [0.2, 0.25) is 5.78 Å². The molecule has 146 valence electrons. The van der Waals surface area contributed by atoms with E-state index >= 15 is 0 Å². The summed E-state index contributed by atoms with van der Waals surface area (Å²) in [7, 11) is -4.02. The summed E-state index contributed by atoms with van der Waals surface area (Å²) in [6.07, 6.45) is 1.60. The van der Waals surface area contributed by atoms with E-state index in [1.165, 1.54) is 30.3 Å². The maximum atomic E-state index is 12.5. The fraction of sp³-hybridized carbons (Fsp3) is 0. The van der Waals surface area contributed by atoms with Crippen molar-refractivity contribution >= 4 is 49.5 Å². The van der Waals surface area contributed by atoms with E-state index in [1.54, 1.807) is 42.5 Å². The highest BCUT2D eigenvalue weighted by Crippen LogP contribution is 2.35. The maximum Gasteiger partial charge on any atom is 0.339 e. The largest absolute Gasteiger partial charge is 0.452 e. The van der Waals surface area contributed by atoms with E-state index < -0.39 is 10.1 Å². The quantitative estimate of drug-likeness (QED) is 0.357. The van der Waals surface area contributed by atoms with Gasteiger partial charge >= 0.3 is 10.1 Å². The van der Waals surface area contributed by atoms with Crippen molar-refractivity contribution in [1.82, 2.24) is 0 Å². The van der Waals surface area contributed by atoms with Gasteiger partial charge in [-0.15, -0.1) is 0 Å². The number of benzene rings is 3. The molecular formula is C21H12BrClO5S. The van der Waals surface area contributed by atoms with Gasteiger partial charge in [0.05, 0.1) is 5.56 Å². The number of carbonyl (C=O) groups is 1. The predicted octanol–water partition coefficient (Wildman–Crippen LogP) is 5.49. The van der Waals surface area contributed by atoms with Crippen LogP contribution in [0.25, 0.3) is 6.08 Å². The zero-order chi connectivity index (χ0) is 20.6. The van der Waals surface area contributed by atoms with Gasteiger partial charge in [0.25, 0.3) is 0 Å². The molecule has 1 aliphatic rings. The van der Waals surface area contributed by atoms with Crippen molar-refractivity contribution in [1.29, 1.82) is 0 Å². The Hall–Kier alpha value is -2.61. The van der Waals surface area contributed by atoms with Gasteiger partial charge in [-0.05, 0) is 60.2 Å². The first-order valence-electron chi connectivity index (χ1n) is 8.36. The summed E-state index contributed by atoms with van der Waals surface area (Å²) < 4.78 is 36.5. The van der Waals surface area contributed by atoms with Gasteiger partial charge in [-0.25, -0.2) is 0 Å². The molecular weight excluding hydrogens is 480 g/mol. The molecule has 0 saturated heterocycles. The molecule has 5 nitrogen and oxygen atoms in total. The average molecular weight is 492 g/mol. The predicted molar refractivity (Wildman–Crippen MR) is 113 cm³/mol. The highest BCUT2D eigenvalue weighted by atomic mass is 79.9. The zero-order valence-electron chi connectivity index (χ0n) is 14.6. The van der Waals surface area contributed by atoms with Crippen LogP contribution >= 0.6 is 27.5 Å². The fourth-order valence-electron chi connectivity index (χ4n) is 2.71. The minimum atomic E-state index is -4.02. The molecule has 0 aliphatic carbocycles. The lowest BCUT2D eigenvalue weighted by Crippen LogP contribution is -2.09. The van der Waals surface area contributed by atoms with Crippen LogP contribution in [0, 0.1) is 0 Å². The van der Waals surface area contributed by atoms with E-state index in [0.717, 1.165) is 10.0 Å². The van der Waals surface area contributed by atoms with Gasteiger partial charge in [0, 0.05) is 15.6 Å². The van der Waals surface area contributed by atoms with Crippen LogP contribution in [0.4, 0.5) is 0 Å². The Bertz CT molecular complexity index is 1230. The van der Waals surface area contributed by atoms with Crippen molar-refractivity contribution in [2.24, 2.45) is 0 Å². The van der Waals surface area contributed by atoms with E-state index in [2.05, 4.69) is 15.9 Å². The molecule has 0 unspecified atom stereocenters. The van der Waals surface area contributed by atoms with Crippen LogP contribution in [-0.2, 0) is 10.1 Å². The zero-order valence-corrected chi connectivity index (χ0v) is 17.8. The van der Waals surface area contributed by atoms with Gasteiger partial charge in [-0.1, -0.05) is 39.7 Å². The SMILES string of the molecule is O=C1C(=Cc2ccc(Cl)cc2)Oc2cc(OS(=O)(=O)c3ccc(Br)cc3)ccc21. The van der Waals surface area contributed by atoms with Crippen LogP contribution in [-0.4, -0.2) is 14.2 Å². The Balaban J connectivity index is 1.59. The third-order valence-corrected chi connectivity index (χ3v) is 6.16. The molecule has 0 amide bonds. The first-order valence-corrected chi connectivity index (χ1v) is 10.9. The molecule has 29 heavy (non-hydrogen) atoms. The molecule has 0 saturated carbocycles. The normalized spacial score (nSPS) is 14.6. The van der Waals surface area contributed by atoms with Crippen molar-refractivity contribution in [3.8, 4) is 11.5 Å². The van der Waals surface area contributed by atoms with Gasteiger partial charge < -0.3 is 8.92 Å². The third kappa shape index (κ3) is 4.22. The van der Waals surface area contributed by atoms with Gasteiger partial charge in [-0.3, -0.25) is 4.79 Å². The van der Waals surface area contributed by atoms with Crippen molar-refractivity contribution in [2.75, 3.05) is 0 Å². The summed E-state index contributed by atoms with van der Waals surface area (Å²) >= 11 is 9.12. The standard InChI is InChI=1S/C21H12BrClO5S/c22-14-3-8-17(9-4-14)29(25,26)28-16-7-10-18-19(12-16)27-20(21(18)24)11-13-1-5-15(23)6-2-13/h1-12H. The summed E-state index contributed by atoms with van der Waals surface area (Å²) in [6.45, 7) is 0. The van der Waals surface area contributed by atoms with Crippen LogP contribution in [0.3, 0.4) is 0 Å². The summed E-state index contributed by atoms with van der Waals surface area (Å²) in [6, 6.07) is 17.3. The minimum absolute atomic E-state index is 0.0153. The number of carbonyl (C=O) groups excluding carboxylic acids is 1. The van der Waals surface area contributed by atoms with E-state index in [-0.39, 0.29) is 27.9 Å². The van der Waals surface area contributed by atoms with Crippen molar-refractivity contribution in [2.45, 2.75) is 4.90 Å². The first kappa shape index (κ1) is 19.7. The number of Topliss-reactive ketones (excluding diaryl/α,β-unsaturated/α-hetero) is 1. The number of rotatable bonds is 4. The maximum absolute atomic E-state index is 12.5. The molecule has 3 aromatic carbocycles. The molecule has 0 aromatic heterocycles. The van der Waals surface area contributed by atoms with Gasteiger partial charge in [0.15, 0.2) is 5.76 Å². The molecule has 0 spiro atoms. The second kappa shape index (κ2) is 7.67. The second-order valence-electron chi connectivity index (χ2n) is 6.14. The number of hydrogen-bond acceptors (Lipinski definition) is 5. The van der Waals surface area contributed by atoms with E-state index in [0.29, 0.717) is 10.6 Å². The molecule has 0 N–H and O–H groups in total. The highest BCUT2D eigenvalue weighted by molar-refractivity contribution is 9.10. The van der Waals surface area contributed by atoms with Crippen LogP contribution in [0.15, 0.2) is 81.9 Å². The molecule has 3 aromatic rings. The average Bonchev–Trinajstić information content (AvgIpc) is 2.98. The van der Waals surface area contributed by atoms with Gasteiger partial charge in [0.1, 0.15) is 16.4 Å². The summed E-state index contributed by atoms with van der Waals surface area (Å²) in [5.74, 6) is 0.124. The van der Waals surface area contributed by atoms with Gasteiger partial charge in [-0.2, -0.15) is 8.42 Å². The number of halogens is 2. The molecule has 4 rings (SSSR count). The molecule has 0 atom stereocenters. The third-order valence-electron chi connectivity index (χ3n) is 4.12. The molecule has 0 fully saturated rings. The van der Waals surface area contributed by atoms with Crippen LogP contribution in [0.2, 0.25) is 5.02 Å². The molecule has 1 aliphatic heterocycles. The fourth-order valence-corrected chi connectivity index (χ4v) is 4.02. The monoisotopic (exact) mass is 490 g/mol. The molecule has 1 heterocycles. The van der Waals surface area contributed by atoms with Crippen molar-refractivity contribution in [3.63, 3.8) is 0 Å². The Morgan fingerprint density at radius 3 is 2.34 bits per heavy atom. The Morgan fingerprint density at radius 2 is 1.66 bits per heavy atom. The van der Waals surface area contributed by atoms with E-state index in [9.17, 15) is 13.2 Å². The highest BCUT2D eigenvalue weighted by Gasteiger charge is 2.28. The molecule has 0 radical (unpaired) electrons. The summed E-state index contributed by atoms with van der Waals surface area (Å²) in [5.41, 5.74) is 1.08. The van der Waals surface area contributed by atoms with Crippen LogP contribution < -0.4 is 8.92 Å². The lowest BCUT2D eigenvalue weighted by atomic mass is 10.1. The topological polar surface area (TPSA) is 69.7 Å². The summed E-state index contributed by atoms with van der Waals surface area (Å²) in [4.78, 5) is 12.6. The van der Waals surface area contributed by atoms with Crippen molar-refractivity contribution in [3.05, 3.63) is 93.1 Å². The van der Waals surface area contributed by atoms with Crippen LogP contribution in [0.1, 0.15) is 15.9 Å². The second-order valence-corrected chi connectivity index (χ2v) is 9.04. The van der Waals surface area contributed by atoms with E-state index in [1.807, 2.05) is 0 Å². The van der Waals surface area contributed by atoms with Crippen molar-refractivity contribution < 1.29 is 22.1 Å². The van der Waals surface area contributed by atoms with Crippen LogP contribution in [0.5, 0.6) is 11.5 Å². The summed E-state index contributed by atoms with van der Waals surface area (Å²) in [5, 5.41) is 0.586. The lowest BCUT2D eigenvalue weighted by Gasteiger charge is -2.08. The molecule has 0 bridgehead atoms. The number of fused-ring (bicyclic) bond motifs is 1. The minimum Gasteiger partial charge on any atom is -0.452 e. The smallest absolute Gasteiger partial charge is 0.339 e. The lowest BCUT2D eigenvalue weighted by molar-refractivity contribution is 0.101. The number of hydrogen-bond donors (Lipinski definition) is 0. The number of ketones is 1. The number of ether oxygens (including phenoxy) is 1.